The maximum atomic E-state index is 10.6. The zero-order valence-electron chi connectivity index (χ0n) is 15.3. The van der Waals surface area contributed by atoms with Gasteiger partial charge in [-0.05, 0) is 20.5 Å². The summed E-state index contributed by atoms with van der Waals surface area (Å²) >= 11 is 0. The maximum Gasteiger partial charge on any atom is 0.157 e. The Balaban J connectivity index is 1.67. The zero-order valence-corrected chi connectivity index (χ0v) is 15.3. The van der Waals surface area contributed by atoms with Gasteiger partial charge in [0.15, 0.2) is 5.65 Å². The van der Waals surface area contributed by atoms with E-state index in [-0.39, 0.29) is 6.10 Å². The number of anilines is 1. The predicted octanol–water partition coefficient (Wildman–Crippen LogP) is 2.15. The molecular weight excluding hydrogens is 326 g/mol. The third-order valence-electron chi connectivity index (χ3n) is 5.06. The first kappa shape index (κ1) is 17.0. The second-order valence-electron chi connectivity index (χ2n) is 7.29. The molecule has 3 aromatic rings. The van der Waals surface area contributed by atoms with Crippen LogP contribution in [0.15, 0.2) is 48.7 Å². The van der Waals surface area contributed by atoms with Crippen LogP contribution in [-0.2, 0) is 0 Å². The van der Waals surface area contributed by atoms with Crippen molar-refractivity contribution in [2.24, 2.45) is 5.92 Å². The largest absolute Gasteiger partial charge is 0.391 e. The summed E-state index contributed by atoms with van der Waals surface area (Å²) in [6.45, 7) is 2.44. The predicted molar refractivity (Wildman–Crippen MR) is 103 cm³/mol. The van der Waals surface area contributed by atoms with E-state index in [0.717, 1.165) is 42.2 Å². The van der Waals surface area contributed by atoms with Crippen LogP contribution in [0, 0.1) is 5.92 Å². The number of aromatic nitrogens is 3. The highest BCUT2D eigenvalue weighted by molar-refractivity contribution is 5.66. The third-order valence-corrected chi connectivity index (χ3v) is 5.06. The van der Waals surface area contributed by atoms with Crippen LogP contribution in [0.3, 0.4) is 0 Å². The van der Waals surface area contributed by atoms with Gasteiger partial charge in [-0.1, -0.05) is 30.3 Å². The van der Waals surface area contributed by atoms with Gasteiger partial charge < -0.3 is 14.9 Å². The number of aliphatic hydroxyl groups excluding tert-OH is 1. The van der Waals surface area contributed by atoms with E-state index in [4.69, 9.17) is 4.98 Å². The van der Waals surface area contributed by atoms with Crippen molar-refractivity contribution >= 4 is 11.5 Å². The van der Waals surface area contributed by atoms with E-state index in [1.54, 1.807) is 6.20 Å². The maximum absolute atomic E-state index is 10.6. The smallest absolute Gasteiger partial charge is 0.157 e. The first-order valence-corrected chi connectivity index (χ1v) is 9.10. The summed E-state index contributed by atoms with van der Waals surface area (Å²) in [5, 5.41) is 15.1. The number of nitrogens with zero attached hydrogens (tertiary/aromatic N) is 5. The lowest BCUT2D eigenvalue weighted by Crippen LogP contribution is -2.47. The number of benzene rings is 1. The van der Waals surface area contributed by atoms with Crippen molar-refractivity contribution in [1.82, 2.24) is 19.5 Å². The van der Waals surface area contributed by atoms with Crippen LogP contribution in [0.25, 0.3) is 16.9 Å². The van der Waals surface area contributed by atoms with Gasteiger partial charge in [-0.15, -0.1) is 0 Å². The Bertz CT molecular complexity index is 876. The molecule has 1 N–H and O–H groups in total. The lowest BCUT2D eigenvalue weighted by molar-refractivity contribution is 0.0763. The molecule has 0 aliphatic carbocycles. The second kappa shape index (κ2) is 7.05. The summed E-state index contributed by atoms with van der Waals surface area (Å²) in [5.41, 5.74) is 2.84. The fourth-order valence-electron chi connectivity index (χ4n) is 3.75. The molecule has 26 heavy (non-hydrogen) atoms. The highest BCUT2D eigenvalue weighted by Crippen LogP contribution is 2.28. The highest BCUT2D eigenvalue weighted by atomic mass is 16.3. The van der Waals surface area contributed by atoms with E-state index in [0.29, 0.717) is 12.5 Å². The minimum absolute atomic E-state index is 0.310. The van der Waals surface area contributed by atoms with Gasteiger partial charge in [-0.3, -0.25) is 0 Å². The van der Waals surface area contributed by atoms with Crippen LogP contribution in [0.2, 0.25) is 0 Å². The molecule has 136 valence electrons. The van der Waals surface area contributed by atoms with Crippen molar-refractivity contribution in [1.29, 1.82) is 0 Å². The number of fused-ring (bicyclic) bond motifs is 1. The van der Waals surface area contributed by atoms with Gasteiger partial charge in [0.1, 0.15) is 5.82 Å². The van der Waals surface area contributed by atoms with E-state index in [1.807, 2.05) is 28.8 Å². The van der Waals surface area contributed by atoms with E-state index in [9.17, 15) is 5.11 Å². The number of aliphatic hydroxyl groups is 1. The number of β-amino-alcohol motifs (C(OH)–C–C–N with tert-alkyl or cyclic N) is 1. The van der Waals surface area contributed by atoms with E-state index in [1.165, 1.54) is 0 Å². The molecule has 1 aliphatic rings. The van der Waals surface area contributed by atoms with Crippen molar-refractivity contribution in [3.63, 3.8) is 0 Å². The molecule has 6 nitrogen and oxygen atoms in total. The Morgan fingerprint density at radius 3 is 2.73 bits per heavy atom. The summed E-state index contributed by atoms with van der Waals surface area (Å²) in [6.07, 6.45) is 2.39. The molecule has 0 unspecified atom stereocenters. The van der Waals surface area contributed by atoms with Crippen LogP contribution in [0.1, 0.15) is 6.42 Å². The highest BCUT2D eigenvalue weighted by Gasteiger charge is 2.29. The lowest BCUT2D eigenvalue weighted by Gasteiger charge is -2.38. The van der Waals surface area contributed by atoms with Gasteiger partial charge in [0.05, 0.1) is 18.0 Å². The standard InChI is InChI=1S/C20H25N5O/c1-23(2)13-16-9-11-24(14-18(16)26)20-12-17(15-6-4-3-5-7-15)22-19-8-10-21-25(19)20/h3-8,10,12,16,18,26H,9,11,13-14H2,1-2H3/t16-,18+/m0/s1. The Kier molecular flexibility index (Phi) is 4.61. The molecule has 0 bridgehead atoms. The zero-order chi connectivity index (χ0) is 18.1. The Labute approximate surface area is 153 Å². The van der Waals surface area contributed by atoms with Crippen molar-refractivity contribution in [3.05, 3.63) is 48.7 Å². The van der Waals surface area contributed by atoms with Crippen LogP contribution < -0.4 is 4.90 Å². The summed E-state index contributed by atoms with van der Waals surface area (Å²) in [5.74, 6) is 1.30. The molecule has 2 atom stereocenters. The molecule has 1 aromatic carbocycles. The van der Waals surface area contributed by atoms with Crippen LogP contribution in [0.5, 0.6) is 0 Å². The molecule has 1 fully saturated rings. The van der Waals surface area contributed by atoms with Gasteiger partial charge >= 0.3 is 0 Å². The number of hydrogen-bond donors (Lipinski definition) is 1. The monoisotopic (exact) mass is 351 g/mol. The molecule has 2 aromatic heterocycles. The summed E-state index contributed by atoms with van der Waals surface area (Å²) in [7, 11) is 4.11. The minimum Gasteiger partial charge on any atom is -0.391 e. The topological polar surface area (TPSA) is 56.9 Å². The lowest BCUT2D eigenvalue weighted by atomic mass is 9.93. The quantitative estimate of drug-likeness (QED) is 0.780. The molecule has 1 saturated heterocycles. The molecular formula is C20H25N5O. The first-order valence-electron chi connectivity index (χ1n) is 9.10. The Hall–Kier alpha value is -2.44. The SMILES string of the molecule is CN(C)C[C@@H]1CCN(c2cc(-c3ccccc3)nc3ccnn23)C[C@H]1O. The summed E-state index contributed by atoms with van der Waals surface area (Å²) < 4.78 is 1.87. The van der Waals surface area contributed by atoms with Gasteiger partial charge in [0.25, 0.3) is 0 Å². The molecule has 0 spiro atoms. The molecule has 3 heterocycles. The van der Waals surface area contributed by atoms with Crippen LogP contribution in [0.4, 0.5) is 5.82 Å². The number of rotatable bonds is 4. The van der Waals surface area contributed by atoms with E-state index >= 15 is 0 Å². The van der Waals surface area contributed by atoms with Crippen LogP contribution >= 0.6 is 0 Å². The molecule has 4 rings (SSSR count). The third kappa shape index (κ3) is 3.30. The van der Waals surface area contributed by atoms with Gasteiger partial charge in [-0.25, -0.2) is 4.98 Å². The number of hydrogen-bond acceptors (Lipinski definition) is 5. The van der Waals surface area contributed by atoms with Crippen molar-refractivity contribution in [2.75, 3.05) is 38.6 Å². The van der Waals surface area contributed by atoms with Crippen LogP contribution in [-0.4, -0.2) is 64.4 Å². The second-order valence-corrected chi connectivity index (χ2v) is 7.29. The van der Waals surface area contributed by atoms with Gasteiger partial charge in [0.2, 0.25) is 0 Å². The average molecular weight is 351 g/mol. The van der Waals surface area contributed by atoms with Crippen molar-refractivity contribution in [2.45, 2.75) is 12.5 Å². The molecule has 1 aliphatic heterocycles. The van der Waals surface area contributed by atoms with Crippen molar-refractivity contribution < 1.29 is 5.11 Å². The Morgan fingerprint density at radius 2 is 2.00 bits per heavy atom. The number of piperidine rings is 1. The summed E-state index contributed by atoms with van der Waals surface area (Å²) in [4.78, 5) is 9.11. The molecule has 0 amide bonds. The van der Waals surface area contributed by atoms with Gasteiger partial charge in [0, 0.05) is 43.2 Å². The summed E-state index contributed by atoms with van der Waals surface area (Å²) in [6, 6.07) is 14.2. The first-order chi connectivity index (χ1) is 12.6. The van der Waals surface area contributed by atoms with E-state index < -0.39 is 0 Å². The molecule has 6 heteroatoms. The molecule has 0 saturated carbocycles. The fraction of sp³-hybridized carbons (Fsp3) is 0.400. The van der Waals surface area contributed by atoms with Crippen molar-refractivity contribution in [3.8, 4) is 11.3 Å². The normalized spacial score (nSPS) is 20.8. The Morgan fingerprint density at radius 1 is 1.19 bits per heavy atom. The minimum atomic E-state index is -0.342. The van der Waals surface area contributed by atoms with E-state index in [2.05, 4.69) is 47.2 Å². The average Bonchev–Trinajstić information content (AvgIpc) is 3.11. The van der Waals surface area contributed by atoms with Gasteiger partial charge in [-0.2, -0.15) is 9.61 Å². The molecule has 0 radical (unpaired) electrons. The fourth-order valence-corrected chi connectivity index (χ4v) is 3.75.